The second-order valence-electron chi connectivity index (χ2n) is 4.36. The minimum Gasteiger partial charge on any atom is -0.390 e. The summed E-state index contributed by atoms with van der Waals surface area (Å²) in [5.41, 5.74) is -0.533. The van der Waals surface area contributed by atoms with Crippen LogP contribution in [0.5, 0.6) is 0 Å². The van der Waals surface area contributed by atoms with Gasteiger partial charge >= 0.3 is 6.18 Å². The molecule has 0 aliphatic carbocycles. The molecule has 0 saturated carbocycles. The molecule has 0 spiro atoms. The number of alkyl halides is 3. The molecule has 1 N–H and O–H groups in total. The van der Waals surface area contributed by atoms with E-state index in [9.17, 15) is 18.3 Å². The number of aromatic nitrogens is 4. The molecule has 0 fully saturated rings. The van der Waals surface area contributed by atoms with E-state index in [1.54, 1.807) is 0 Å². The second kappa shape index (κ2) is 6.44. The zero-order chi connectivity index (χ0) is 15.5. The molecule has 2 aromatic rings. The lowest BCUT2D eigenvalue weighted by Crippen LogP contribution is -2.20. The van der Waals surface area contributed by atoms with Crippen molar-refractivity contribution in [3.8, 4) is 11.4 Å². The summed E-state index contributed by atoms with van der Waals surface area (Å²) in [5, 5.41) is 21.1. The van der Waals surface area contributed by atoms with Gasteiger partial charge < -0.3 is 5.11 Å². The van der Waals surface area contributed by atoms with Crippen LogP contribution < -0.4 is 0 Å². The van der Waals surface area contributed by atoms with Gasteiger partial charge in [0, 0.05) is 11.3 Å². The zero-order valence-corrected chi connectivity index (χ0v) is 11.9. The van der Waals surface area contributed by atoms with E-state index in [1.165, 1.54) is 28.7 Å². The molecule has 114 valence electrons. The zero-order valence-electron chi connectivity index (χ0n) is 11.1. The Morgan fingerprint density at radius 3 is 2.81 bits per heavy atom. The standard InChI is InChI=1S/C12H13F3N4OS/c1-21-7-10(20)6-19-17-11(16-18-19)8-3-2-4-9(5-8)12(13,14)15/h2-5,10,20H,6-7H2,1H3. The molecule has 9 heteroatoms. The Morgan fingerprint density at radius 2 is 2.14 bits per heavy atom. The Morgan fingerprint density at radius 1 is 1.38 bits per heavy atom. The maximum atomic E-state index is 12.6. The van der Waals surface area contributed by atoms with Crippen LogP contribution in [-0.2, 0) is 12.7 Å². The molecule has 1 aromatic heterocycles. The normalized spacial score (nSPS) is 13.4. The van der Waals surface area contributed by atoms with E-state index in [0.717, 1.165) is 12.1 Å². The van der Waals surface area contributed by atoms with Crippen molar-refractivity contribution >= 4 is 11.8 Å². The lowest BCUT2D eigenvalue weighted by molar-refractivity contribution is -0.137. The van der Waals surface area contributed by atoms with Crippen molar-refractivity contribution < 1.29 is 18.3 Å². The summed E-state index contributed by atoms with van der Waals surface area (Å²) in [6.45, 7) is 0.146. The SMILES string of the molecule is CSCC(O)Cn1nnc(-c2cccc(C(F)(F)F)c2)n1. The van der Waals surface area contributed by atoms with Gasteiger partial charge in [0.2, 0.25) is 5.82 Å². The van der Waals surface area contributed by atoms with Gasteiger partial charge in [-0.1, -0.05) is 12.1 Å². The minimum atomic E-state index is -4.42. The lowest BCUT2D eigenvalue weighted by atomic mass is 10.1. The van der Waals surface area contributed by atoms with E-state index in [4.69, 9.17) is 0 Å². The first-order valence-electron chi connectivity index (χ1n) is 6.02. The van der Waals surface area contributed by atoms with Crippen LogP contribution in [0.3, 0.4) is 0 Å². The molecule has 1 aromatic carbocycles. The van der Waals surface area contributed by atoms with Crippen LogP contribution in [-0.4, -0.2) is 43.4 Å². The van der Waals surface area contributed by atoms with Crippen LogP contribution in [0.4, 0.5) is 13.2 Å². The number of rotatable bonds is 5. The maximum Gasteiger partial charge on any atom is 0.416 e. The molecule has 0 amide bonds. The highest BCUT2D eigenvalue weighted by Gasteiger charge is 2.30. The predicted octanol–water partition coefficient (Wildman–Crippen LogP) is 2.08. The van der Waals surface area contributed by atoms with Crippen LogP contribution in [0.1, 0.15) is 5.56 Å². The van der Waals surface area contributed by atoms with Gasteiger partial charge in [0.1, 0.15) is 0 Å². The smallest absolute Gasteiger partial charge is 0.390 e. The Labute approximate surface area is 123 Å². The molecular formula is C12H13F3N4OS. The van der Waals surface area contributed by atoms with Crippen molar-refractivity contribution in [3.05, 3.63) is 29.8 Å². The summed E-state index contributed by atoms with van der Waals surface area (Å²) in [4.78, 5) is 1.18. The molecule has 5 nitrogen and oxygen atoms in total. The number of aliphatic hydroxyl groups excluding tert-OH is 1. The fourth-order valence-corrected chi connectivity index (χ4v) is 2.19. The monoisotopic (exact) mass is 318 g/mol. The van der Waals surface area contributed by atoms with Crippen LogP contribution >= 0.6 is 11.8 Å². The van der Waals surface area contributed by atoms with Crippen molar-refractivity contribution in [2.24, 2.45) is 0 Å². The molecular weight excluding hydrogens is 305 g/mol. The number of halogens is 3. The molecule has 0 aliphatic rings. The fourth-order valence-electron chi connectivity index (χ4n) is 1.70. The van der Waals surface area contributed by atoms with E-state index < -0.39 is 17.8 Å². The van der Waals surface area contributed by atoms with Crippen molar-refractivity contribution in [1.82, 2.24) is 20.2 Å². The number of hydrogen-bond donors (Lipinski definition) is 1. The van der Waals surface area contributed by atoms with E-state index in [0.29, 0.717) is 5.75 Å². The summed E-state index contributed by atoms with van der Waals surface area (Å²) in [7, 11) is 0. The number of aliphatic hydroxyl groups is 1. The molecule has 1 atom stereocenters. The first-order chi connectivity index (χ1) is 9.90. The van der Waals surface area contributed by atoms with Gasteiger partial charge in [0.25, 0.3) is 0 Å². The number of thioether (sulfide) groups is 1. The van der Waals surface area contributed by atoms with E-state index in [-0.39, 0.29) is 17.9 Å². The first kappa shape index (κ1) is 15.8. The third-order valence-electron chi connectivity index (χ3n) is 2.63. The van der Waals surface area contributed by atoms with Crippen LogP contribution in [0.2, 0.25) is 0 Å². The largest absolute Gasteiger partial charge is 0.416 e. The fraction of sp³-hybridized carbons (Fsp3) is 0.417. The summed E-state index contributed by atoms with van der Waals surface area (Å²) in [6.07, 6.45) is -3.20. The highest BCUT2D eigenvalue weighted by molar-refractivity contribution is 7.98. The summed E-state index contributed by atoms with van der Waals surface area (Å²) >= 11 is 1.47. The maximum absolute atomic E-state index is 12.6. The number of nitrogens with zero attached hydrogens (tertiary/aromatic N) is 4. The average molecular weight is 318 g/mol. The average Bonchev–Trinajstić information content (AvgIpc) is 2.86. The Hall–Kier alpha value is -1.61. The van der Waals surface area contributed by atoms with Crippen LogP contribution in [0.15, 0.2) is 24.3 Å². The Balaban J connectivity index is 2.18. The van der Waals surface area contributed by atoms with E-state index in [2.05, 4.69) is 15.4 Å². The predicted molar refractivity (Wildman–Crippen MR) is 72.6 cm³/mol. The molecule has 21 heavy (non-hydrogen) atoms. The van der Waals surface area contributed by atoms with Crippen molar-refractivity contribution in [2.75, 3.05) is 12.0 Å². The van der Waals surface area contributed by atoms with Gasteiger partial charge in [-0.25, -0.2) is 0 Å². The second-order valence-corrected chi connectivity index (χ2v) is 5.27. The molecule has 2 rings (SSSR count). The molecule has 1 heterocycles. The van der Waals surface area contributed by atoms with Crippen molar-refractivity contribution in [1.29, 1.82) is 0 Å². The van der Waals surface area contributed by atoms with Crippen molar-refractivity contribution in [3.63, 3.8) is 0 Å². The molecule has 0 radical (unpaired) electrons. The molecule has 0 saturated heterocycles. The molecule has 1 unspecified atom stereocenters. The van der Waals surface area contributed by atoms with Gasteiger partial charge in [0.05, 0.1) is 18.2 Å². The lowest BCUT2D eigenvalue weighted by Gasteiger charge is -2.07. The third-order valence-corrected chi connectivity index (χ3v) is 3.35. The van der Waals surface area contributed by atoms with E-state index >= 15 is 0 Å². The minimum absolute atomic E-state index is 0.0949. The summed E-state index contributed by atoms with van der Waals surface area (Å²) in [6, 6.07) is 4.73. The van der Waals surface area contributed by atoms with Crippen LogP contribution in [0, 0.1) is 0 Å². The van der Waals surface area contributed by atoms with Gasteiger partial charge in [-0.3, -0.25) is 0 Å². The molecule has 0 bridgehead atoms. The Bertz CT molecular complexity index is 602. The number of benzene rings is 1. The first-order valence-corrected chi connectivity index (χ1v) is 7.42. The molecule has 0 aliphatic heterocycles. The van der Waals surface area contributed by atoms with Crippen molar-refractivity contribution in [2.45, 2.75) is 18.8 Å². The van der Waals surface area contributed by atoms with Gasteiger partial charge in [0.15, 0.2) is 0 Å². The third kappa shape index (κ3) is 4.18. The number of tetrazole rings is 1. The van der Waals surface area contributed by atoms with Gasteiger partial charge in [-0.15, -0.1) is 10.2 Å². The van der Waals surface area contributed by atoms with Crippen LogP contribution in [0.25, 0.3) is 11.4 Å². The van der Waals surface area contributed by atoms with Gasteiger partial charge in [-0.05, 0) is 23.6 Å². The van der Waals surface area contributed by atoms with E-state index in [1.807, 2.05) is 6.26 Å². The van der Waals surface area contributed by atoms with Gasteiger partial charge in [-0.2, -0.15) is 29.7 Å². The summed E-state index contributed by atoms with van der Waals surface area (Å²) < 4.78 is 37.9. The topological polar surface area (TPSA) is 63.8 Å². The Kier molecular flexibility index (Phi) is 4.84. The quantitative estimate of drug-likeness (QED) is 0.914. The highest BCUT2D eigenvalue weighted by atomic mass is 32.2. The number of hydrogen-bond acceptors (Lipinski definition) is 5. The highest BCUT2D eigenvalue weighted by Crippen LogP contribution is 2.31. The summed E-state index contributed by atoms with van der Waals surface area (Å²) in [5.74, 6) is 0.609.